The lowest BCUT2D eigenvalue weighted by Crippen LogP contribution is -2.20. The molecule has 128 valence electrons. The fourth-order valence-corrected chi connectivity index (χ4v) is 3.21. The van der Waals surface area contributed by atoms with Crippen LogP contribution in [0.25, 0.3) is 10.8 Å². The zero-order valence-electron chi connectivity index (χ0n) is 13.4. The molecule has 0 unspecified atom stereocenters. The molecule has 3 aromatic carbocycles. The molecular weight excluding hydrogens is 406 g/mol. The largest absolute Gasteiger partial charge is 0.495 e. The first-order valence-corrected chi connectivity index (χ1v) is 8.69. The average Bonchev–Trinajstić information content (AvgIpc) is 2.61. The van der Waals surface area contributed by atoms with Crippen LogP contribution in [0, 0.1) is 0 Å². The van der Waals surface area contributed by atoms with Crippen molar-refractivity contribution in [3.8, 4) is 11.5 Å². The Kier molecular flexibility index (Phi) is 5.46. The molecule has 0 aliphatic heterocycles. The van der Waals surface area contributed by atoms with Crippen molar-refractivity contribution in [1.29, 1.82) is 0 Å². The van der Waals surface area contributed by atoms with E-state index in [1.165, 1.54) is 7.11 Å². The van der Waals surface area contributed by atoms with Crippen molar-refractivity contribution in [3.05, 3.63) is 64.1 Å². The number of halogens is 2. The number of nitrogens with one attached hydrogen (secondary N) is 1. The number of amides is 1. The Morgan fingerprint density at radius 1 is 1.12 bits per heavy atom. The van der Waals surface area contributed by atoms with Crippen LogP contribution in [0.2, 0.25) is 5.02 Å². The lowest BCUT2D eigenvalue weighted by molar-refractivity contribution is -0.118. The van der Waals surface area contributed by atoms with Crippen molar-refractivity contribution in [3.63, 3.8) is 0 Å². The molecule has 3 rings (SSSR count). The average molecular weight is 421 g/mol. The topological polar surface area (TPSA) is 47.6 Å². The Morgan fingerprint density at radius 3 is 2.68 bits per heavy atom. The first kappa shape index (κ1) is 17.6. The van der Waals surface area contributed by atoms with Crippen LogP contribution in [0.1, 0.15) is 0 Å². The van der Waals surface area contributed by atoms with Crippen LogP contribution in [0.5, 0.6) is 11.5 Å². The van der Waals surface area contributed by atoms with Crippen molar-refractivity contribution in [2.45, 2.75) is 0 Å². The Morgan fingerprint density at radius 2 is 1.88 bits per heavy atom. The number of carbonyl (C=O) groups is 1. The predicted octanol–water partition coefficient (Wildman–Crippen LogP) is 5.28. The molecule has 4 nitrogen and oxygen atoms in total. The molecule has 0 radical (unpaired) electrons. The van der Waals surface area contributed by atoms with E-state index >= 15 is 0 Å². The van der Waals surface area contributed by atoms with Gasteiger partial charge in [0.15, 0.2) is 6.61 Å². The van der Waals surface area contributed by atoms with Crippen molar-refractivity contribution in [2.24, 2.45) is 0 Å². The highest BCUT2D eigenvalue weighted by atomic mass is 79.9. The molecule has 0 heterocycles. The lowest BCUT2D eigenvalue weighted by Gasteiger charge is -2.12. The summed E-state index contributed by atoms with van der Waals surface area (Å²) in [6.07, 6.45) is 0. The lowest BCUT2D eigenvalue weighted by atomic mass is 10.1. The Hall–Kier alpha value is -2.24. The summed E-state index contributed by atoms with van der Waals surface area (Å²) in [7, 11) is 1.53. The van der Waals surface area contributed by atoms with Crippen molar-refractivity contribution >= 4 is 49.9 Å². The predicted molar refractivity (Wildman–Crippen MR) is 104 cm³/mol. The molecule has 0 spiro atoms. The summed E-state index contributed by atoms with van der Waals surface area (Å²) in [5, 5.41) is 5.37. The molecule has 0 atom stereocenters. The van der Waals surface area contributed by atoms with E-state index in [1.807, 2.05) is 36.4 Å². The SMILES string of the molecule is COc1ccc(Cl)cc1NC(=O)COc1ccc2ccccc2c1Br. The summed E-state index contributed by atoms with van der Waals surface area (Å²) in [6, 6.07) is 16.7. The third-order valence-electron chi connectivity index (χ3n) is 3.62. The highest BCUT2D eigenvalue weighted by molar-refractivity contribution is 9.10. The van der Waals surface area contributed by atoms with Crippen LogP contribution in [-0.4, -0.2) is 19.6 Å². The van der Waals surface area contributed by atoms with Crippen LogP contribution in [0.3, 0.4) is 0 Å². The number of methoxy groups -OCH3 is 1. The molecular formula is C19H15BrClNO3. The summed E-state index contributed by atoms with van der Waals surface area (Å²) in [5.41, 5.74) is 0.501. The number of anilines is 1. The molecule has 0 aliphatic carbocycles. The van der Waals surface area contributed by atoms with Crippen LogP contribution in [0.4, 0.5) is 5.69 Å². The first-order valence-electron chi connectivity index (χ1n) is 7.52. The third-order valence-corrected chi connectivity index (χ3v) is 4.68. The van der Waals surface area contributed by atoms with E-state index < -0.39 is 0 Å². The van der Waals surface area contributed by atoms with E-state index in [0.717, 1.165) is 15.2 Å². The van der Waals surface area contributed by atoms with E-state index in [-0.39, 0.29) is 12.5 Å². The summed E-state index contributed by atoms with van der Waals surface area (Å²) in [6.45, 7) is -0.132. The van der Waals surface area contributed by atoms with Crippen molar-refractivity contribution in [1.82, 2.24) is 0 Å². The highest BCUT2D eigenvalue weighted by Gasteiger charge is 2.11. The molecule has 0 aromatic heterocycles. The molecule has 0 aliphatic rings. The maximum atomic E-state index is 12.2. The minimum Gasteiger partial charge on any atom is -0.495 e. The smallest absolute Gasteiger partial charge is 0.262 e. The quantitative estimate of drug-likeness (QED) is 0.611. The molecule has 0 bridgehead atoms. The molecule has 6 heteroatoms. The second-order valence-corrected chi connectivity index (χ2v) is 6.51. The van der Waals surface area contributed by atoms with Gasteiger partial charge in [0.1, 0.15) is 11.5 Å². The first-order chi connectivity index (χ1) is 12.1. The van der Waals surface area contributed by atoms with Gasteiger partial charge in [-0.2, -0.15) is 0 Å². The van der Waals surface area contributed by atoms with Gasteiger partial charge in [-0.3, -0.25) is 4.79 Å². The van der Waals surface area contributed by atoms with Crippen LogP contribution < -0.4 is 14.8 Å². The fourth-order valence-electron chi connectivity index (χ4n) is 2.43. The van der Waals surface area contributed by atoms with Gasteiger partial charge < -0.3 is 14.8 Å². The minimum absolute atomic E-state index is 0.132. The molecule has 1 N–H and O–H groups in total. The second kappa shape index (κ2) is 7.76. The molecule has 25 heavy (non-hydrogen) atoms. The van der Waals surface area contributed by atoms with Gasteiger partial charge in [-0.15, -0.1) is 0 Å². The summed E-state index contributed by atoms with van der Waals surface area (Å²) >= 11 is 9.50. The standard InChI is InChI=1S/C19H15BrClNO3/c1-24-16-9-7-13(21)10-15(16)22-18(23)11-25-17-8-6-12-4-2-3-5-14(12)19(17)20/h2-10H,11H2,1H3,(H,22,23). The van der Waals surface area contributed by atoms with E-state index in [1.54, 1.807) is 18.2 Å². The van der Waals surface area contributed by atoms with E-state index in [0.29, 0.717) is 22.2 Å². The van der Waals surface area contributed by atoms with Crippen molar-refractivity contribution in [2.75, 3.05) is 19.0 Å². The minimum atomic E-state index is -0.305. The summed E-state index contributed by atoms with van der Waals surface area (Å²) in [5.74, 6) is 0.831. The number of benzene rings is 3. The van der Waals surface area contributed by atoms with Gasteiger partial charge in [-0.05, 0) is 51.0 Å². The molecule has 0 saturated carbocycles. The van der Waals surface area contributed by atoms with E-state index in [2.05, 4.69) is 21.2 Å². The van der Waals surface area contributed by atoms with Crippen LogP contribution in [-0.2, 0) is 4.79 Å². The van der Waals surface area contributed by atoms with Crippen LogP contribution in [0.15, 0.2) is 59.1 Å². The number of fused-ring (bicyclic) bond motifs is 1. The second-order valence-electron chi connectivity index (χ2n) is 5.28. The normalized spacial score (nSPS) is 10.5. The maximum absolute atomic E-state index is 12.2. The molecule has 0 fully saturated rings. The molecule has 3 aromatic rings. The maximum Gasteiger partial charge on any atom is 0.262 e. The van der Waals surface area contributed by atoms with Gasteiger partial charge in [0.2, 0.25) is 0 Å². The van der Waals surface area contributed by atoms with Gasteiger partial charge in [0.25, 0.3) is 5.91 Å². The Balaban J connectivity index is 1.71. The Labute approximate surface area is 158 Å². The van der Waals surface area contributed by atoms with Gasteiger partial charge in [-0.1, -0.05) is 41.9 Å². The highest BCUT2D eigenvalue weighted by Crippen LogP contribution is 2.33. The van der Waals surface area contributed by atoms with Gasteiger partial charge in [-0.25, -0.2) is 0 Å². The zero-order chi connectivity index (χ0) is 17.8. The molecule has 0 saturated heterocycles. The number of rotatable bonds is 5. The number of hydrogen-bond acceptors (Lipinski definition) is 3. The summed E-state index contributed by atoms with van der Waals surface area (Å²) < 4.78 is 11.7. The molecule has 1 amide bonds. The fraction of sp³-hybridized carbons (Fsp3) is 0.105. The van der Waals surface area contributed by atoms with Crippen molar-refractivity contribution < 1.29 is 14.3 Å². The van der Waals surface area contributed by atoms with E-state index in [4.69, 9.17) is 21.1 Å². The van der Waals surface area contributed by atoms with E-state index in [9.17, 15) is 4.79 Å². The van der Waals surface area contributed by atoms with Crippen LogP contribution >= 0.6 is 27.5 Å². The Bertz CT molecular complexity index is 930. The zero-order valence-corrected chi connectivity index (χ0v) is 15.7. The van der Waals surface area contributed by atoms with Gasteiger partial charge >= 0.3 is 0 Å². The van der Waals surface area contributed by atoms with Gasteiger partial charge in [0.05, 0.1) is 17.3 Å². The number of ether oxygens (including phenoxy) is 2. The summed E-state index contributed by atoms with van der Waals surface area (Å²) in [4.78, 5) is 12.2. The van der Waals surface area contributed by atoms with Gasteiger partial charge in [0, 0.05) is 5.02 Å². The third kappa shape index (κ3) is 4.06. The number of hydrogen-bond donors (Lipinski definition) is 1. The number of carbonyl (C=O) groups excluding carboxylic acids is 1. The monoisotopic (exact) mass is 419 g/mol.